The molecule has 0 radical (unpaired) electrons. The SMILES string of the molecule is CN(CCCCNc1c2c(nc3cc(Cl)ccc13)CCCC2)CC1CC1. The Bertz CT molecular complexity index is 770. The van der Waals surface area contributed by atoms with Gasteiger partial charge in [-0.2, -0.15) is 0 Å². The number of anilines is 1. The van der Waals surface area contributed by atoms with E-state index in [0.717, 1.165) is 35.8 Å². The van der Waals surface area contributed by atoms with Crippen LogP contribution in [0.3, 0.4) is 0 Å². The molecule has 1 fully saturated rings. The minimum atomic E-state index is 0.769. The van der Waals surface area contributed by atoms with Crippen molar-refractivity contribution >= 4 is 28.2 Å². The van der Waals surface area contributed by atoms with Crippen LogP contribution in [0.25, 0.3) is 10.9 Å². The number of rotatable bonds is 8. The Morgan fingerprint density at radius 1 is 1.19 bits per heavy atom. The fourth-order valence-corrected chi connectivity index (χ4v) is 4.32. The standard InChI is InChI=1S/C22H30ClN3/c1-26(15-16-8-9-16)13-5-4-12-24-22-18-6-2-3-7-20(18)25-21-14-17(23)10-11-19(21)22/h10-11,14,16H,2-9,12-13,15H2,1H3,(H,24,25). The number of nitrogens with one attached hydrogen (secondary N) is 1. The van der Waals surface area contributed by atoms with Gasteiger partial charge in [0.2, 0.25) is 0 Å². The van der Waals surface area contributed by atoms with Crippen molar-refractivity contribution in [3.05, 3.63) is 34.5 Å². The number of fused-ring (bicyclic) bond motifs is 2. The lowest BCUT2D eigenvalue weighted by Crippen LogP contribution is -2.22. The third-order valence-electron chi connectivity index (χ3n) is 5.76. The zero-order valence-electron chi connectivity index (χ0n) is 15.9. The average Bonchev–Trinajstić information content (AvgIpc) is 3.44. The van der Waals surface area contributed by atoms with Crippen LogP contribution >= 0.6 is 11.6 Å². The second-order valence-corrected chi connectivity index (χ2v) is 8.56. The van der Waals surface area contributed by atoms with Gasteiger partial charge in [0.05, 0.1) is 5.52 Å². The van der Waals surface area contributed by atoms with Crippen molar-refractivity contribution in [3.8, 4) is 0 Å². The summed E-state index contributed by atoms with van der Waals surface area (Å²) in [6, 6.07) is 6.12. The Balaban J connectivity index is 1.41. The fourth-order valence-electron chi connectivity index (χ4n) is 4.15. The van der Waals surface area contributed by atoms with E-state index in [-0.39, 0.29) is 0 Å². The number of aryl methyl sites for hydroxylation is 1. The predicted molar refractivity (Wildman–Crippen MR) is 111 cm³/mol. The predicted octanol–water partition coefficient (Wildman–Crippen LogP) is 5.30. The normalized spacial score (nSPS) is 16.9. The lowest BCUT2D eigenvalue weighted by molar-refractivity contribution is 0.314. The molecule has 1 N–H and O–H groups in total. The van der Waals surface area contributed by atoms with Crippen LogP contribution in [0.4, 0.5) is 5.69 Å². The van der Waals surface area contributed by atoms with Crippen molar-refractivity contribution in [1.82, 2.24) is 9.88 Å². The molecule has 1 aromatic carbocycles. The summed E-state index contributed by atoms with van der Waals surface area (Å²) < 4.78 is 0. The molecule has 26 heavy (non-hydrogen) atoms. The molecule has 2 aromatic rings. The summed E-state index contributed by atoms with van der Waals surface area (Å²) in [5.41, 5.74) is 5.06. The third-order valence-corrected chi connectivity index (χ3v) is 6.00. The second kappa shape index (κ2) is 8.14. The number of nitrogens with zero attached hydrogens (tertiary/aromatic N) is 2. The Kier molecular flexibility index (Phi) is 5.66. The molecular weight excluding hydrogens is 342 g/mol. The molecule has 4 rings (SSSR count). The van der Waals surface area contributed by atoms with Crippen molar-refractivity contribution < 1.29 is 0 Å². The fraction of sp³-hybridized carbons (Fsp3) is 0.591. The van der Waals surface area contributed by atoms with Gasteiger partial charge in [-0.3, -0.25) is 4.98 Å². The molecule has 0 aliphatic heterocycles. The van der Waals surface area contributed by atoms with Crippen LogP contribution in [0.1, 0.15) is 49.8 Å². The zero-order chi connectivity index (χ0) is 17.9. The van der Waals surface area contributed by atoms with Crippen LogP contribution in [0.5, 0.6) is 0 Å². The van der Waals surface area contributed by atoms with Crippen molar-refractivity contribution in [2.24, 2.45) is 5.92 Å². The third kappa shape index (κ3) is 4.32. The van der Waals surface area contributed by atoms with Gasteiger partial charge < -0.3 is 10.2 Å². The summed E-state index contributed by atoms with van der Waals surface area (Å²) in [7, 11) is 2.27. The summed E-state index contributed by atoms with van der Waals surface area (Å²) in [6.07, 6.45) is 10.1. The monoisotopic (exact) mass is 371 g/mol. The second-order valence-electron chi connectivity index (χ2n) is 8.12. The van der Waals surface area contributed by atoms with E-state index < -0.39 is 0 Å². The zero-order valence-corrected chi connectivity index (χ0v) is 16.6. The van der Waals surface area contributed by atoms with Gasteiger partial charge in [0, 0.05) is 34.9 Å². The van der Waals surface area contributed by atoms with Crippen LogP contribution in [0.2, 0.25) is 5.02 Å². The van der Waals surface area contributed by atoms with E-state index in [0.29, 0.717) is 0 Å². The Labute approximate surface area is 162 Å². The highest BCUT2D eigenvalue weighted by Crippen LogP contribution is 2.34. The smallest absolute Gasteiger partial charge is 0.0741 e. The summed E-state index contributed by atoms with van der Waals surface area (Å²) in [6.45, 7) is 3.53. The molecule has 0 atom stereocenters. The molecule has 0 saturated heterocycles. The Morgan fingerprint density at radius 2 is 2.04 bits per heavy atom. The van der Waals surface area contributed by atoms with Crippen LogP contribution < -0.4 is 5.32 Å². The minimum Gasteiger partial charge on any atom is -0.384 e. The quantitative estimate of drug-likeness (QED) is 0.638. The molecule has 1 saturated carbocycles. The first-order valence-corrected chi connectivity index (χ1v) is 10.6. The lowest BCUT2D eigenvalue weighted by Gasteiger charge is -2.22. The van der Waals surface area contributed by atoms with Gasteiger partial charge in [-0.05, 0) is 94.6 Å². The number of hydrogen-bond donors (Lipinski definition) is 1. The Morgan fingerprint density at radius 3 is 2.88 bits per heavy atom. The topological polar surface area (TPSA) is 28.2 Å². The van der Waals surface area contributed by atoms with Crippen LogP contribution in [-0.2, 0) is 12.8 Å². The molecule has 0 unspecified atom stereocenters. The first-order chi connectivity index (χ1) is 12.7. The summed E-state index contributed by atoms with van der Waals surface area (Å²) in [5.74, 6) is 0.986. The number of benzene rings is 1. The highest BCUT2D eigenvalue weighted by atomic mass is 35.5. The van der Waals surface area contributed by atoms with Gasteiger partial charge in [-0.1, -0.05) is 11.6 Å². The molecular formula is C22H30ClN3. The molecule has 0 amide bonds. The van der Waals surface area contributed by atoms with E-state index in [1.807, 2.05) is 12.1 Å². The summed E-state index contributed by atoms with van der Waals surface area (Å²) >= 11 is 6.20. The number of pyridine rings is 1. The summed E-state index contributed by atoms with van der Waals surface area (Å²) in [4.78, 5) is 7.41. The maximum Gasteiger partial charge on any atom is 0.0741 e. The van der Waals surface area contributed by atoms with Gasteiger partial charge in [0.25, 0.3) is 0 Å². The van der Waals surface area contributed by atoms with Crippen molar-refractivity contribution in [2.75, 3.05) is 32.0 Å². The van der Waals surface area contributed by atoms with Crippen molar-refractivity contribution in [3.63, 3.8) is 0 Å². The van der Waals surface area contributed by atoms with Crippen LogP contribution in [0.15, 0.2) is 18.2 Å². The molecule has 0 spiro atoms. The van der Waals surface area contributed by atoms with Gasteiger partial charge >= 0.3 is 0 Å². The van der Waals surface area contributed by atoms with Gasteiger partial charge in [-0.25, -0.2) is 0 Å². The van der Waals surface area contributed by atoms with Crippen molar-refractivity contribution in [2.45, 2.75) is 51.4 Å². The average molecular weight is 372 g/mol. The molecule has 140 valence electrons. The maximum atomic E-state index is 6.20. The molecule has 2 aliphatic rings. The molecule has 3 nitrogen and oxygen atoms in total. The van der Waals surface area contributed by atoms with Gasteiger partial charge in [-0.15, -0.1) is 0 Å². The van der Waals surface area contributed by atoms with Crippen molar-refractivity contribution in [1.29, 1.82) is 0 Å². The first-order valence-electron chi connectivity index (χ1n) is 10.2. The summed E-state index contributed by atoms with van der Waals surface area (Å²) in [5, 5.41) is 5.75. The van der Waals surface area contributed by atoms with E-state index in [2.05, 4.69) is 23.3 Å². The lowest BCUT2D eigenvalue weighted by atomic mass is 9.92. The van der Waals surface area contributed by atoms with E-state index in [9.17, 15) is 0 Å². The van der Waals surface area contributed by atoms with E-state index >= 15 is 0 Å². The number of aromatic nitrogens is 1. The highest BCUT2D eigenvalue weighted by molar-refractivity contribution is 6.31. The molecule has 4 heteroatoms. The Hall–Kier alpha value is -1.32. The highest BCUT2D eigenvalue weighted by Gasteiger charge is 2.22. The number of unbranched alkanes of at least 4 members (excludes halogenated alkanes) is 1. The largest absolute Gasteiger partial charge is 0.384 e. The molecule has 1 aromatic heterocycles. The number of hydrogen-bond acceptors (Lipinski definition) is 3. The minimum absolute atomic E-state index is 0.769. The van der Waals surface area contributed by atoms with Crippen LogP contribution in [0, 0.1) is 5.92 Å². The van der Waals surface area contributed by atoms with Gasteiger partial charge in [0.15, 0.2) is 0 Å². The number of halogens is 1. The maximum absolute atomic E-state index is 6.20. The molecule has 1 heterocycles. The van der Waals surface area contributed by atoms with E-state index in [1.165, 1.54) is 73.9 Å². The van der Waals surface area contributed by atoms with E-state index in [1.54, 1.807) is 0 Å². The molecule has 2 aliphatic carbocycles. The first kappa shape index (κ1) is 18.1. The van der Waals surface area contributed by atoms with E-state index in [4.69, 9.17) is 16.6 Å². The molecule has 0 bridgehead atoms. The van der Waals surface area contributed by atoms with Gasteiger partial charge in [0.1, 0.15) is 0 Å². The van der Waals surface area contributed by atoms with Crippen LogP contribution in [-0.4, -0.2) is 36.6 Å².